The second-order valence-corrected chi connectivity index (χ2v) is 2.90. The number of carbonyl (C=O) groups is 2. The van der Waals surface area contributed by atoms with E-state index in [9.17, 15) is 9.59 Å². The monoisotopic (exact) mass is 206 g/mol. The van der Waals surface area contributed by atoms with Gasteiger partial charge in [-0.15, -0.1) is 0 Å². The molecule has 1 aromatic rings. The van der Waals surface area contributed by atoms with Crippen molar-refractivity contribution in [2.45, 2.75) is 6.42 Å². The first kappa shape index (κ1) is 11.0. The maximum Gasteiger partial charge on any atom is 0.307 e. The van der Waals surface area contributed by atoms with Crippen LogP contribution in [0.1, 0.15) is 5.56 Å². The highest BCUT2D eigenvalue weighted by atomic mass is 16.5. The molecule has 0 aromatic heterocycles. The van der Waals surface area contributed by atoms with Crippen LogP contribution in [0.2, 0.25) is 0 Å². The van der Waals surface area contributed by atoms with Crippen LogP contribution in [0.25, 0.3) is 0 Å². The van der Waals surface area contributed by atoms with E-state index >= 15 is 0 Å². The number of benzene rings is 1. The zero-order valence-corrected chi connectivity index (χ0v) is 7.97. The molecule has 0 unspecified atom stereocenters. The molecule has 4 heteroatoms. The Morgan fingerprint density at radius 2 is 2.00 bits per heavy atom. The Morgan fingerprint density at radius 3 is 2.47 bits per heavy atom. The molecular formula is C11H10O4. The second-order valence-electron chi connectivity index (χ2n) is 2.90. The van der Waals surface area contributed by atoms with E-state index < -0.39 is 5.97 Å². The first-order chi connectivity index (χ1) is 7.11. The summed E-state index contributed by atoms with van der Waals surface area (Å²) in [7, 11) is 0. The quantitative estimate of drug-likeness (QED) is 0.449. The van der Waals surface area contributed by atoms with Gasteiger partial charge < -0.3 is 9.84 Å². The number of carboxylic acid groups (broad SMARTS) is 1. The molecule has 0 aliphatic heterocycles. The average Bonchev–Trinajstić information content (AvgIpc) is 2.20. The van der Waals surface area contributed by atoms with Crippen molar-refractivity contribution in [3.05, 3.63) is 42.2 Å². The van der Waals surface area contributed by atoms with Gasteiger partial charge in [-0.1, -0.05) is 18.7 Å². The largest absolute Gasteiger partial charge is 0.481 e. The lowest BCUT2D eigenvalue weighted by atomic mass is 10.1. The molecule has 0 heterocycles. The van der Waals surface area contributed by atoms with Crippen molar-refractivity contribution in [3.8, 4) is 5.75 Å². The minimum Gasteiger partial charge on any atom is -0.481 e. The number of allylic oxidation sites excluding steroid dienone is 1. The Labute approximate surface area is 86.8 Å². The van der Waals surface area contributed by atoms with Gasteiger partial charge >= 0.3 is 5.97 Å². The van der Waals surface area contributed by atoms with Gasteiger partial charge in [0.2, 0.25) is 0 Å². The number of ether oxygens (including phenoxy) is 1. The molecule has 15 heavy (non-hydrogen) atoms. The minimum atomic E-state index is -0.888. The van der Waals surface area contributed by atoms with E-state index in [0.29, 0.717) is 17.6 Å². The summed E-state index contributed by atoms with van der Waals surface area (Å²) in [6.07, 6.45) is 0.472. The van der Waals surface area contributed by atoms with Crippen LogP contribution in [-0.2, 0) is 16.0 Å². The third-order valence-corrected chi connectivity index (χ3v) is 1.66. The molecule has 0 aliphatic rings. The third-order valence-electron chi connectivity index (χ3n) is 1.66. The summed E-state index contributed by atoms with van der Waals surface area (Å²) in [6, 6.07) is 6.43. The maximum absolute atomic E-state index is 10.4. The zero-order valence-electron chi connectivity index (χ0n) is 7.97. The second kappa shape index (κ2) is 4.95. The number of aliphatic carboxylic acids is 1. The van der Waals surface area contributed by atoms with Gasteiger partial charge in [-0.2, -0.15) is 0 Å². The van der Waals surface area contributed by atoms with Gasteiger partial charge in [-0.25, -0.2) is 0 Å². The highest BCUT2D eigenvalue weighted by Gasteiger charge is 2.01. The Bertz CT molecular complexity index is 378. The van der Waals surface area contributed by atoms with Crippen molar-refractivity contribution in [2.24, 2.45) is 0 Å². The van der Waals surface area contributed by atoms with Gasteiger partial charge in [0, 0.05) is 0 Å². The molecule has 4 nitrogen and oxygen atoms in total. The first-order valence-electron chi connectivity index (χ1n) is 4.24. The highest BCUT2D eigenvalue weighted by molar-refractivity contribution is 5.71. The Hall–Kier alpha value is -2.10. The summed E-state index contributed by atoms with van der Waals surface area (Å²) in [5.74, 6) is -0.414. The van der Waals surface area contributed by atoms with Crippen LogP contribution < -0.4 is 4.74 Å². The summed E-state index contributed by atoms with van der Waals surface area (Å²) in [4.78, 5) is 20.6. The molecule has 0 fully saturated rings. The Morgan fingerprint density at radius 1 is 1.40 bits per heavy atom. The molecule has 0 atom stereocenters. The van der Waals surface area contributed by atoms with Crippen molar-refractivity contribution in [1.82, 2.24) is 0 Å². The van der Waals surface area contributed by atoms with E-state index in [4.69, 9.17) is 9.84 Å². The fourth-order valence-corrected chi connectivity index (χ4v) is 1.03. The number of hydrogen-bond donors (Lipinski definition) is 1. The van der Waals surface area contributed by atoms with Crippen LogP contribution in [0, 0.1) is 0 Å². The Kier molecular flexibility index (Phi) is 3.62. The molecule has 0 bridgehead atoms. The van der Waals surface area contributed by atoms with Gasteiger partial charge in [-0.3, -0.25) is 9.59 Å². The van der Waals surface area contributed by atoms with Gasteiger partial charge in [0.1, 0.15) is 5.75 Å². The van der Waals surface area contributed by atoms with Crippen LogP contribution >= 0.6 is 0 Å². The lowest BCUT2D eigenvalue weighted by molar-refractivity contribution is -0.136. The van der Waals surface area contributed by atoms with Crippen molar-refractivity contribution in [2.75, 3.05) is 0 Å². The molecule has 0 radical (unpaired) electrons. The predicted molar refractivity (Wildman–Crippen MR) is 53.6 cm³/mol. The molecule has 78 valence electrons. The molecule has 0 saturated carbocycles. The van der Waals surface area contributed by atoms with Crippen molar-refractivity contribution in [1.29, 1.82) is 0 Å². The summed E-state index contributed by atoms with van der Waals surface area (Å²) < 4.78 is 5.01. The molecule has 0 saturated heterocycles. The van der Waals surface area contributed by atoms with Gasteiger partial charge in [-0.05, 0) is 17.7 Å². The van der Waals surface area contributed by atoms with Gasteiger partial charge in [0.15, 0.2) is 12.0 Å². The number of aldehydes is 1. The maximum atomic E-state index is 10.4. The van der Waals surface area contributed by atoms with Crippen LogP contribution in [0.15, 0.2) is 36.6 Å². The first-order valence-corrected chi connectivity index (χ1v) is 4.24. The van der Waals surface area contributed by atoms with Crippen LogP contribution in [0.4, 0.5) is 0 Å². The fraction of sp³-hybridized carbons (Fsp3) is 0.0909. The molecule has 0 spiro atoms. The lowest BCUT2D eigenvalue weighted by Crippen LogP contribution is -2.00. The smallest absolute Gasteiger partial charge is 0.307 e. The van der Waals surface area contributed by atoms with Crippen LogP contribution in [0.3, 0.4) is 0 Å². The minimum absolute atomic E-state index is 0.0148. The summed E-state index contributed by atoms with van der Waals surface area (Å²) in [5, 5.41) is 8.53. The zero-order chi connectivity index (χ0) is 11.3. The summed E-state index contributed by atoms with van der Waals surface area (Å²) in [6.45, 7) is 3.35. The standard InChI is InChI=1S/C11H10O4/c1-8(7-12)15-10-4-2-9(3-5-10)6-11(13)14/h2-5,7H,1,6H2,(H,13,14). The number of rotatable bonds is 5. The topological polar surface area (TPSA) is 63.6 Å². The van der Waals surface area contributed by atoms with Crippen molar-refractivity contribution in [3.63, 3.8) is 0 Å². The van der Waals surface area contributed by atoms with Crippen LogP contribution in [0.5, 0.6) is 5.75 Å². The van der Waals surface area contributed by atoms with Gasteiger partial charge in [0.05, 0.1) is 6.42 Å². The molecule has 0 amide bonds. The molecule has 1 rings (SSSR count). The van der Waals surface area contributed by atoms with E-state index in [-0.39, 0.29) is 12.2 Å². The molecule has 1 N–H and O–H groups in total. The summed E-state index contributed by atoms with van der Waals surface area (Å²) in [5.41, 5.74) is 0.673. The fourth-order valence-electron chi connectivity index (χ4n) is 1.03. The van der Waals surface area contributed by atoms with Crippen molar-refractivity contribution < 1.29 is 19.4 Å². The van der Waals surface area contributed by atoms with E-state index in [1.54, 1.807) is 24.3 Å². The third kappa shape index (κ3) is 3.64. The number of carboxylic acids is 1. The predicted octanol–water partition coefficient (Wildman–Crippen LogP) is 1.41. The highest BCUT2D eigenvalue weighted by Crippen LogP contribution is 2.14. The van der Waals surface area contributed by atoms with Crippen LogP contribution in [-0.4, -0.2) is 17.4 Å². The molecule has 1 aromatic carbocycles. The van der Waals surface area contributed by atoms with Crippen molar-refractivity contribution >= 4 is 12.3 Å². The SMILES string of the molecule is C=C(C=O)Oc1ccc(CC(=O)O)cc1. The van der Waals surface area contributed by atoms with E-state index in [1.807, 2.05) is 0 Å². The molecule has 0 aliphatic carbocycles. The number of hydrogen-bond acceptors (Lipinski definition) is 3. The lowest BCUT2D eigenvalue weighted by Gasteiger charge is -2.03. The van der Waals surface area contributed by atoms with E-state index in [2.05, 4.69) is 6.58 Å². The van der Waals surface area contributed by atoms with Gasteiger partial charge in [0.25, 0.3) is 0 Å². The molecular weight excluding hydrogens is 196 g/mol. The van der Waals surface area contributed by atoms with E-state index in [1.165, 1.54) is 0 Å². The number of carbonyl (C=O) groups excluding carboxylic acids is 1. The summed E-state index contributed by atoms with van der Waals surface area (Å²) >= 11 is 0. The average molecular weight is 206 g/mol. The Balaban J connectivity index is 2.67. The normalized spacial score (nSPS) is 9.33. The van der Waals surface area contributed by atoms with E-state index in [0.717, 1.165) is 0 Å².